The Morgan fingerprint density at radius 2 is 1.79 bits per heavy atom. The van der Waals surface area contributed by atoms with Gasteiger partial charge in [0.2, 0.25) is 0 Å². The lowest BCUT2D eigenvalue weighted by Crippen LogP contribution is -2.52. The van der Waals surface area contributed by atoms with Crippen molar-refractivity contribution in [1.82, 2.24) is 4.90 Å². The summed E-state index contributed by atoms with van der Waals surface area (Å²) < 4.78 is 6.12. The summed E-state index contributed by atoms with van der Waals surface area (Å²) in [7, 11) is 0. The van der Waals surface area contributed by atoms with Gasteiger partial charge in [-0.1, -0.05) is 47.5 Å². The molecule has 0 bridgehead atoms. The molecule has 4 rings (SSSR count). The first-order valence-corrected chi connectivity index (χ1v) is 10.4. The van der Waals surface area contributed by atoms with Crippen LogP contribution in [0.2, 0.25) is 10.0 Å². The van der Waals surface area contributed by atoms with E-state index in [4.69, 9.17) is 27.9 Å². The fourth-order valence-electron chi connectivity index (χ4n) is 3.83. The molecule has 2 fully saturated rings. The highest BCUT2D eigenvalue weighted by molar-refractivity contribution is 6.30. The van der Waals surface area contributed by atoms with E-state index in [1.54, 1.807) is 29.2 Å². The van der Waals surface area contributed by atoms with Crippen molar-refractivity contribution in [3.63, 3.8) is 0 Å². The summed E-state index contributed by atoms with van der Waals surface area (Å²) in [4.78, 5) is 26.4. The zero-order valence-electron chi connectivity index (χ0n) is 15.6. The largest absolute Gasteiger partial charge is 0.481 e. The van der Waals surface area contributed by atoms with E-state index in [0.29, 0.717) is 22.5 Å². The highest BCUT2D eigenvalue weighted by Gasteiger charge is 2.46. The summed E-state index contributed by atoms with van der Waals surface area (Å²) in [5.41, 5.74) is 1.70. The van der Waals surface area contributed by atoms with Gasteiger partial charge in [0.1, 0.15) is 12.2 Å². The van der Waals surface area contributed by atoms with E-state index >= 15 is 0 Å². The molecular weight excluding hydrogens is 413 g/mol. The maximum absolute atomic E-state index is 13.2. The molecule has 1 saturated heterocycles. The molecule has 0 aromatic heterocycles. The summed E-state index contributed by atoms with van der Waals surface area (Å²) in [6.07, 6.45) is 0.214. The molecule has 2 aromatic rings. The normalized spacial score (nSPS) is 24.6. The monoisotopic (exact) mass is 433 g/mol. The van der Waals surface area contributed by atoms with Crippen LogP contribution in [-0.2, 0) is 14.3 Å². The maximum Gasteiger partial charge on any atom is 0.306 e. The lowest BCUT2D eigenvalue weighted by Gasteiger charge is -2.45. The zero-order valence-corrected chi connectivity index (χ0v) is 17.1. The van der Waals surface area contributed by atoms with Crippen LogP contribution in [0.5, 0.6) is 0 Å². The number of hydrogen-bond donors (Lipinski definition) is 1. The molecule has 0 radical (unpaired) electrons. The Labute approximate surface area is 179 Å². The average molecular weight is 434 g/mol. The van der Waals surface area contributed by atoms with Crippen molar-refractivity contribution in [2.45, 2.75) is 37.5 Å². The third kappa shape index (κ3) is 4.58. The Kier molecular flexibility index (Phi) is 5.81. The smallest absolute Gasteiger partial charge is 0.306 e. The van der Waals surface area contributed by atoms with Crippen LogP contribution in [0, 0.1) is 5.92 Å². The number of carbonyl (C=O) groups excluding carboxylic acids is 1. The van der Waals surface area contributed by atoms with Gasteiger partial charge in [-0.2, -0.15) is 0 Å². The number of hydrogen-bond acceptors (Lipinski definition) is 3. The molecule has 1 heterocycles. The molecule has 0 spiro atoms. The van der Waals surface area contributed by atoms with Crippen LogP contribution in [0.3, 0.4) is 0 Å². The molecule has 7 heteroatoms. The summed E-state index contributed by atoms with van der Waals surface area (Å²) in [6.45, 7) is 0.586. The summed E-state index contributed by atoms with van der Waals surface area (Å²) in [5, 5.41) is 10.5. The Balaban J connectivity index is 1.78. The number of carboxylic acid groups (broad SMARTS) is 1. The number of rotatable bonds is 6. The second-order valence-electron chi connectivity index (χ2n) is 7.63. The van der Waals surface area contributed by atoms with Crippen LogP contribution in [0.1, 0.15) is 42.5 Å². The summed E-state index contributed by atoms with van der Waals surface area (Å²) in [6, 6.07) is 14.3. The van der Waals surface area contributed by atoms with E-state index in [9.17, 15) is 14.7 Å². The molecule has 2 aromatic carbocycles. The second kappa shape index (κ2) is 8.34. The van der Waals surface area contributed by atoms with Gasteiger partial charge in [-0.05, 0) is 54.2 Å². The van der Waals surface area contributed by atoms with Gasteiger partial charge >= 0.3 is 5.97 Å². The Hall–Kier alpha value is -2.08. The number of morpholine rings is 1. The van der Waals surface area contributed by atoms with Crippen molar-refractivity contribution in [3.8, 4) is 0 Å². The minimum atomic E-state index is -1.07. The number of ether oxygens (including phenoxy) is 1. The summed E-state index contributed by atoms with van der Waals surface area (Å²) in [5.74, 6) is -0.903. The molecule has 1 N–H and O–H groups in total. The van der Waals surface area contributed by atoms with Crippen molar-refractivity contribution in [1.29, 1.82) is 0 Å². The fraction of sp³-hybridized carbons (Fsp3) is 0.364. The van der Waals surface area contributed by atoms with Crippen LogP contribution >= 0.6 is 23.2 Å². The number of carboxylic acids is 1. The van der Waals surface area contributed by atoms with E-state index in [1.807, 2.05) is 24.3 Å². The molecule has 2 aliphatic rings. The third-order valence-corrected chi connectivity index (χ3v) is 5.88. The Bertz CT molecular complexity index is 913. The highest BCUT2D eigenvalue weighted by Crippen LogP contribution is 2.45. The quantitative estimate of drug-likeness (QED) is 0.703. The number of amides is 1. The first kappa shape index (κ1) is 20.2. The van der Waals surface area contributed by atoms with Crippen molar-refractivity contribution in [2.75, 3.05) is 6.54 Å². The van der Waals surface area contributed by atoms with Gasteiger partial charge in [-0.3, -0.25) is 9.59 Å². The molecule has 1 amide bonds. The standard InChI is InChI=1S/C22H21Cl2NO4/c23-16-8-6-14(7-9-16)20-21(15-2-1-3-17(24)10-15)29-18(11-19(26)27)22(28)25(20)12-13-4-5-13/h1-3,6-10,13,18,20-21H,4-5,11-12H2,(H,26,27)/t18-,20+,21-/m1/s1. The lowest BCUT2D eigenvalue weighted by molar-refractivity contribution is -0.179. The molecular formula is C22H21Cl2NO4. The van der Waals surface area contributed by atoms with Crippen molar-refractivity contribution in [3.05, 3.63) is 69.7 Å². The van der Waals surface area contributed by atoms with E-state index < -0.39 is 18.2 Å². The van der Waals surface area contributed by atoms with Crippen LogP contribution in [0.15, 0.2) is 48.5 Å². The SMILES string of the molecule is O=C(O)C[C@H]1O[C@H](c2cccc(Cl)c2)[C@H](c2ccc(Cl)cc2)N(CC2CC2)C1=O. The van der Waals surface area contributed by atoms with Gasteiger partial charge in [0.15, 0.2) is 0 Å². The number of aliphatic carboxylic acids is 1. The third-order valence-electron chi connectivity index (χ3n) is 5.39. The highest BCUT2D eigenvalue weighted by atomic mass is 35.5. The van der Waals surface area contributed by atoms with Crippen molar-refractivity contribution >= 4 is 35.1 Å². The van der Waals surface area contributed by atoms with Gasteiger partial charge in [-0.15, -0.1) is 0 Å². The predicted octanol–water partition coefficient (Wildman–Crippen LogP) is 4.89. The lowest BCUT2D eigenvalue weighted by atomic mass is 9.91. The minimum Gasteiger partial charge on any atom is -0.481 e. The van der Waals surface area contributed by atoms with E-state index in [2.05, 4.69) is 0 Å². The molecule has 5 nitrogen and oxygen atoms in total. The van der Waals surface area contributed by atoms with Crippen LogP contribution < -0.4 is 0 Å². The number of benzene rings is 2. The second-order valence-corrected chi connectivity index (χ2v) is 8.50. The number of carbonyl (C=O) groups is 2. The van der Waals surface area contributed by atoms with E-state index in [-0.39, 0.29) is 18.4 Å². The molecule has 0 unspecified atom stereocenters. The van der Waals surface area contributed by atoms with Gasteiger partial charge < -0.3 is 14.7 Å². The number of halogens is 2. The fourth-order valence-corrected chi connectivity index (χ4v) is 4.16. The first-order chi connectivity index (χ1) is 13.9. The summed E-state index contributed by atoms with van der Waals surface area (Å²) >= 11 is 12.3. The molecule has 1 aliphatic carbocycles. The van der Waals surface area contributed by atoms with E-state index in [0.717, 1.165) is 24.0 Å². The van der Waals surface area contributed by atoms with Crippen LogP contribution in [0.25, 0.3) is 0 Å². The zero-order chi connectivity index (χ0) is 20.5. The molecule has 3 atom stereocenters. The molecule has 1 aliphatic heterocycles. The van der Waals surface area contributed by atoms with Gasteiger partial charge in [0, 0.05) is 16.6 Å². The molecule has 1 saturated carbocycles. The molecule has 29 heavy (non-hydrogen) atoms. The van der Waals surface area contributed by atoms with Crippen LogP contribution in [-0.4, -0.2) is 34.5 Å². The molecule has 152 valence electrons. The van der Waals surface area contributed by atoms with Crippen molar-refractivity contribution in [2.24, 2.45) is 5.92 Å². The Morgan fingerprint density at radius 1 is 1.07 bits per heavy atom. The van der Waals surface area contributed by atoms with Gasteiger partial charge in [-0.25, -0.2) is 0 Å². The van der Waals surface area contributed by atoms with Gasteiger partial charge in [0.25, 0.3) is 5.91 Å². The minimum absolute atomic E-state index is 0.280. The van der Waals surface area contributed by atoms with Crippen molar-refractivity contribution < 1.29 is 19.4 Å². The predicted molar refractivity (Wildman–Crippen MR) is 110 cm³/mol. The Morgan fingerprint density at radius 3 is 2.41 bits per heavy atom. The first-order valence-electron chi connectivity index (χ1n) is 9.61. The number of nitrogens with zero attached hydrogens (tertiary/aromatic N) is 1. The van der Waals surface area contributed by atoms with Gasteiger partial charge in [0.05, 0.1) is 12.5 Å². The average Bonchev–Trinajstić information content (AvgIpc) is 3.49. The maximum atomic E-state index is 13.2. The topological polar surface area (TPSA) is 66.8 Å². The van der Waals surface area contributed by atoms with Crippen LogP contribution in [0.4, 0.5) is 0 Å². The van der Waals surface area contributed by atoms with E-state index in [1.165, 1.54) is 0 Å².